The van der Waals surface area contributed by atoms with Crippen LogP contribution in [0, 0.1) is 16.6 Å². The van der Waals surface area contributed by atoms with Gasteiger partial charge in [-0.3, -0.25) is 5.01 Å². The van der Waals surface area contributed by atoms with Crippen LogP contribution in [0.4, 0.5) is 10.1 Å². The number of rotatable bonds is 4. The second-order valence-electron chi connectivity index (χ2n) is 9.26. The molecule has 1 N–H and O–H groups in total. The van der Waals surface area contributed by atoms with E-state index < -0.39 is 5.97 Å². The topological polar surface area (TPSA) is 70.0 Å². The van der Waals surface area contributed by atoms with E-state index in [0.29, 0.717) is 22.6 Å². The van der Waals surface area contributed by atoms with E-state index >= 15 is 0 Å². The first kappa shape index (κ1) is 18.9. The zero-order valence-electron chi connectivity index (χ0n) is 16.9. The Kier molecular flexibility index (Phi) is 4.43. The number of esters is 1. The molecule has 2 atom stereocenters. The van der Waals surface area contributed by atoms with E-state index in [1.165, 1.54) is 12.1 Å². The summed E-state index contributed by atoms with van der Waals surface area (Å²) >= 11 is 0. The van der Waals surface area contributed by atoms with Crippen LogP contribution in [0.2, 0.25) is 0 Å². The van der Waals surface area contributed by atoms with Crippen LogP contribution in [0.25, 0.3) is 10.9 Å². The molecule has 4 rings (SSSR count). The van der Waals surface area contributed by atoms with Crippen molar-refractivity contribution in [1.29, 1.82) is 0 Å². The fraction of sp³-hybridized carbons (Fsp3) is 0.571. The van der Waals surface area contributed by atoms with Crippen LogP contribution in [0.3, 0.4) is 0 Å². The molecule has 0 amide bonds. The number of carbonyl (C=O) groups excluding carboxylic acids is 1. The van der Waals surface area contributed by atoms with Gasteiger partial charge in [0.2, 0.25) is 0 Å². The maximum absolute atomic E-state index is 13.8. The highest BCUT2D eigenvalue weighted by molar-refractivity contribution is 6.04. The first-order valence-corrected chi connectivity index (χ1v) is 9.86. The monoisotopic (exact) mass is 386 g/mol. The smallest absolute Gasteiger partial charge is 0.357 e. The molecule has 7 heteroatoms. The highest BCUT2D eigenvalue weighted by Crippen LogP contribution is 2.52. The quantitative estimate of drug-likeness (QED) is 0.566. The summed E-state index contributed by atoms with van der Waals surface area (Å²) in [5.41, 5.74) is 1.68. The zero-order chi connectivity index (χ0) is 20.1. The predicted octanol–water partition coefficient (Wildman–Crippen LogP) is 5.38. The van der Waals surface area contributed by atoms with Gasteiger partial charge < -0.3 is 9.72 Å². The molecule has 2 aromatic rings. The molecule has 2 fully saturated rings. The summed E-state index contributed by atoms with van der Waals surface area (Å²) in [4.78, 5) is 15.4. The van der Waals surface area contributed by atoms with Gasteiger partial charge in [0.15, 0.2) is 5.69 Å². The molecule has 1 saturated carbocycles. The van der Waals surface area contributed by atoms with E-state index in [0.717, 1.165) is 25.8 Å². The maximum Gasteiger partial charge on any atom is 0.357 e. The fourth-order valence-electron chi connectivity index (χ4n) is 5.24. The van der Waals surface area contributed by atoms with Crippen LogP contribution in [0.1, 0.15) is 57.4 Å². The van der Waals surface area contributed by atoms with Crippen LogP contribution in [-0.2, 0) is 4.74 Å². The van der Waals surface area contributed by atoms with E-state index in [9.17, 15) is 9.18 Å². The first-order valence-electron chi connectivity index (χ1n) is 9.86. The number of hydrogen-bond donors (Lipinski definition) is 1. The summed E-state index contributed by atoms with van der Waals surface area (Å²) in [5, 5.41) is 11.5. The molecule has 2 aliphatic rings. The lowest BCUT2D eigenvalue weighted by atomic mass is 9.65. The minimum absolute atomic E-state index is 0.208. The van der Waals surface area contributed by atoms with E-state index in [4.69, 9.17) is 4.74 Å². The average Bonchev–Trinajstić information content (AvgIpc) is 3.06. The lowest BCUT2D eigenvalue weighted by molar-refractivity contribution is 0.0521. The Morgan fingerprint density at radius 2 is 2.14 bits per heavy atom. The van der Waals surface area contributed by atoms with Gasteiger partial charge in [-0.15, -0.1) is 5.11 Å². The molecule has 2 heterocycles. The SMILES string of the molecule is CCOC(=O)c1[nH]c2ccc(F)cc2c1N=NN1C[C@]2(C)C[C@H]1CC(C)(C)C2. The summed E-state index contributed by atoms with van der Waals surface area (Å²) in [6.45, 7) is 9.76. The van der Waals surface area contributed by atoms with Crippen molar-refractivity contribution in [1.82, 2.24) is 9.99 Å². The number of carbonyl (C=O) groups is 1. The number of benzene rings is 1. The third-order valence-corrected chi connectivity index (χ3v) is 5.86. The fourth-order valence-corrected chi connectivity index (χ4v) is 5.24. The molecule has 1 aromatic carbocycles. The van der Waals surface area contributed by atoms with Crippen molar-refractivity contribution in [3.05, 3.63) is 29.7 Å². The zero-order valence-corrected chi connectivity index (χ0v) is 16.9. The Labute approximate surface area is 164 Å². The van der Waals surface area contributed by atoms with Gasteiger partial charge in [0.25, 0.3) is 0 Å². The molecule has 0 radical (unpaired) electrons. The molecule has 0 unspecified atom stereocenters. The van der Waals surface area contributed by atoms with Crippen LogP contribution >= 0.6 is 0 Å². The average molecular weight is 386 g/mol. The van der Waals surface area contributed by atoms with Crippen molar-refractivity contribution in [3.8, 4) is 0 Å². The predicted molar refractivity (Wildman–Crippen MR) is 105 cm³/mol. The normalized spacial score (nSPS) is 26.3. The standard InChI is InChI=1S/C21H27FN4O2/c1-5-28-19(27)18-17(15-8-13(22)6-7-16(15)23-18)24-25-26-12-21(4)10-14(26)9-20(2,3)11-21/h6-8,14,23H,5,9-12H2,1-4H3/t14-,21-/m1/s1. The third-order valence-electron chi connectivity index (χ3n) is 5.86. The number of H-pyrrole nitrogens is 1. The van der Waals surface area contributed by atoms with Crippen molar-refractivity contribution in [2.45, 2.75) is 53.0 Å². The van der Waals surface area contributed by atoms with E-state index in [-0.39, 0.29) is 28.9 Å². The first-order chi connectivity index (χ1) is 13.2. The summed E-state index contributed by atoms with van der Waals surface area (Å²) in [7, 11) is 0. The van der Waals surface area contributed by atoms with Crippen LogP contribution in [-0.4, -0.2) is 35.2 Å². The molecule has 6 nitrogen and oxygen atoms in total. The van der Waals surface area contributed by atoms with Gasteiger partial charge in [-0.05, 0) is 55.2 Å². The number of hydrogen-bond acceptors (Lipinski definition) is 4. The lowest BCUT2D eigenvalue weighted by Gasteiger charge is -2.39. The van der Waals surface area contributed by atoms with E-state index in [2.05, 4.69) is 36.1 Å². The summed E-state index contributed by atoms with van der Waals surface area (Å²) in [6, 6.07) is 4.65. The number of nitrogens with zero attached hydrogens (tertiary/aromatic N) is 3. The Bertz CT molecular complexity index is 951. The third kappa shape index (κ3) is 3.38. The van der Waals surface area contributed by atoms with Crippen LogP contribution in [0.15, 0.2) is 28.5 Å². The number of fused-ring (bicyclic) bond motifs is 3. The number of halogens is 1. The Morgan fingerprint density at radius 3 is 2.89 bits per heavy atom. The Hall–Kier alpha value is -2.44. The summed E-state index contributed by atoms with van der Waals surface area (Å²) < 4.78 is 18.9. The summed E-state index contributed by atoms with van der Waals surface area (Å²) in [6.07, 6.45) is 3.33. The summed E-state index contributed by atoms with van der Waals surface area (Å²) in [5.74, 6) is -0.897. The number of ether oxygens (including phenoxy) is 1. The van der Waals surface area contributed by atoms with Gasteiger partial charge in [-0.1, -0.05) is 26.0 Å². The van der Waals surface area contributed by atoms with E-state index in [1.807, 2.05) is 5.01 Å². The molecule has 0 spiro atoms. The molecule has 1 aromatic heterocycles. The van der Waals surface area contributed by atoms with Crippen molar-refractivity contribution in [3.63, 3.8) is 0 Å². The van der Waals surface area contributed by atoms with Crippen molar-refractivity contribution < 1.29 is 13.9 Å². The molecule has 1 aliphatic carbocycles. The van der Waals surface area contributed by atoms with Crippen molar-refractivity contribution in [2.75, 3.05) is 13.2 Å². The number of nitrogens with one attached hydrogen (secondary N) is 1. The number of aromatic nitrogens is 1. The Balaban J connectivity index is 1.70. The molecular weight excluding hydrogens is 359 g/mol. The Morgan fingerprint density at radius 1 is 1.36 bits per heavy atom. The highest BCUT2D eigenvalue weighted by atomic mass is 19.1. The largest absolute Gasteiger partial charge is 0.461 e. The van der Waals surface area contributed by atoms with Gasteiger partial charge in [-0.2, -0.15) is 0 Å². The minimum Gasteiger partial charge on any atom is -0.461 e. The lowest BCUT2D eigenvalue weighted by Crippen LogP contribution is -2.33. The molecule has 1 aliphatic heterocycles. The van der Waals surface area contributed by atoms with Crippen LogP contribution < -0.4 is 0 Å². The van der Waals surface area contributed by atoms with E-state index in [1.54, 1.807) is 13.0 Å². The van der Waals surface area contributed by atoms with Gasteiger partial charge in [0, 0.05) is 23.5 Å². The number of aromatic amines is 1. The second-order valence-corrected chi connectivity index (χ2v) is 9.26. The van der Waals surface area contributed by atoms with Gasteiger partial charge in [0.1, 0.15) is 11.5 Å². The van der Waals surface area contributed by atoms with Crippen molar-refractivity contribution in [2.24, 2.45) is 21.2 Å². The van der Waals surface area contributed by atoms with Gasteiger partial charge in [-0.25, -0.2) is 9.18 Å². The minimum atomic E-state index is -0.513. The molecule has 28 heavy (non-hydrogen) atoms. The molecule has 150 valence electrons. The van der Waals surface area contributed by atoms with Crippen molar-refractivity contribution >= 4 is 22.6 Å². The molecule has 2 bridgehead atoms. The second kappa shape index (κ2) is 6.57. The van der Waals surface area contributed by atoms with Crippen LogP contribution in [0.5, 0.6) is 0 Å². The van der Waals surface area contributed by atoms with Gasteiger partial charge in [0.05, 0.1) is 6.61 Å². The molecular formula is C21H27FN4O2. The molecule has 1 saturated heterocycles. The highest BCUT2D eigenvalue weighted by Gasteiger charge is 2.49. The van der Waals surface area contributed by atoms with Gasteiger partial charge >= 0.3 is 5.97 Å². The maximum atomic E-state index is 13.8.